The molecule has 1 spiro atoms. The van der Waals surface area contributed by atoms with Crippen LogP contribution >= 0.6 is 0 Å². The third kappa shape index (κ3) is 2.82. The molecule has 7 nitrogen and oxygen atoms in total. The molecule has 0 radical (unpaired) electrons. The highest BCUT2D eigenvalue weighted by Gasteiger charge is 2.51. The van der Waals surface area contributed by atoms with Crippen molar-refractivity contribution < 1.29 is 13.2 Å². The molecule has 2 fully saturated rings. The minimum Gasteiger partial charge on any atom is -0.381 e. The van der Waals surface area contributed by atoms with Crippen LogP contribution in [0.4, 0.5) is 0 Å². The highest BCUT2D eigenvalue weighted by molar-refractivity contribution is 7.89. The molecular formula is C15H26N4O3S. The fraction of sp³-hybridized carbons (Fsp3) is 0.800. The summed E-state index contributed by atoms with van der Waals surface area (Å²) in [6.07, 6.45) is 3.42. The fourth-order valence-corrected chi connectivity index (χ4v) is 5.78. The van der Waals surface area contributed by atoms with Crippen LogP contribution in [0.15, 0.2) is 11.1 Å². The lowest BCUT2D eigenvalue weighted by atomic mass is 9.75. The number of rotatable bonds is 3. The predicted molar refractivity (Wildman–Crippen MR) is 86.7 cm³/mol. The molecule has 0 bridgehead atoms. The van der Waals surface area contributed by atoms with Gasteiger partial charge in [-0.25, -0.2) is 8.42 Å². The monoisotopic (exact) mass is 342 g/mol. The zero-order valence-corrected chi connectivity index (χ0v) is 15.1. The Hall–Kier alpha value is -0.960. The summed E-state index contributed by atoms with van der Waals surface area (Å²) in [6, 6.07) is 0.221. The molecule has 8 heteroatoms. The van der Waals surface area contributed by atoms with Gasteiger partial charge in [0.2, 0.25) is 10.0 Å². The lowest BCUT2D eigenvalue weighted by Crippen LogP contribution is -2.46. The summed E-state index contributed by atoms with van der Waals surface area (Å²) in [6.45, 7) is 4.27. The third-order valence-corrected chi connectivity index (χ3v) is 7.19. The largest absolute Gasteiger partial charge is 0.381 e. The van der Waals surface area contributed by atoms with Gasteiger partial charge in [-0.2, -0.15) is 9.40 Å². The summed E-state index contributed by atoms with van der Waals surface area (Å²) in [5.74, 6) is 0. The Labute approximate surface area is 138 Å². The van der Waals surface area contributed by atoms with Crippen molar-refractivity contribution in [3.63, 3.8) is 0 Å². The van der Waals surface area contributed by atoms with E-state index in [-0.39, 0.29) is 11.5 Å². The van der Waals surface area contributed by atoms with Gasteiger partial charge < -0.3 is 9.64 Å². The van der Waals surface area contributed by atoms with Crippen LogP contribution in [0, 0.1) is 12.3 Å². The van der Waals surface area contributed by atoms with E-state index in [0.717, 1.165) is 12.8 Å². The summed E-state index contributed by atoms with van der Waals surface area (Å²) < 4.78 is 34.9. The zero-order chi connectivity index (χ0) is 16.8. The molecule has 130 valence electrons. The van der Waals surface area contributed by atoms with E-state index < -0.39 is 10.0 Å². The van der Waals surface area contributed by atoms with E-state index in [2.05, 4.69) is 10.00 Å². The maximum atomic E-state index is 13.1. The molecule has 1 unspecified atom stereocenters. The zero-order valence-electron chi connectivity index (χ0n) is 14.3. The molecule has 3 rings (SSSR count). The summed E-state index contributed by atoms with van der Waals surface area (Å²) in [5, 5.41) is 4.19. The highest BCUT2D eigenvalue weighted by atomic mass is 32.2. The lowest BCUT2D eigenvalue weighted by Gasteiger charge is -2.40. The van der Waals surface area contributed by atoms with Gasteiger partial charge in [-0.3, -0.25) is 4.68 Å². The molecule has 0 aromatic carbocycles. The first-order chi connectivity index (χ1) is 10.8. The minimum atomic E-state index is -3.51. The number of aromatic nitrogens is 2. The van der Waals surface area contributed by atoms with Crippen molar-refractivity contribution in [1.29, 1.82) is 0 Å². The van der Waals surface area contributed by atoms with E-state index in [1.54, 1.807) is 29.2 Å². The van der Waals surface area contributed by atoms with Gasteiger partial charge in [0.25, 0.3) is 0 Å². The number of hydrogen-bond donors (Lipinski definition) is 0. The first-order valence-corrected chi connectivity index (χ1v) is 9.45. The van der Waals surface area contributed by atoms with E-state index >= 15 is 0 Å². The Morgan fingerprint density at radius 1 is 1.35 bits per heavy atom. The smallest absolute Gasteiger partial charge is 0.246 e. The van der Waals surface area contributed by atoms with Gasteiger partial charge in [0, 0.05) is 51.0 Å². The van der Waals surface area contributed by atoms with Crippen LogP contribution in [0.25, 0.3) is 0 Å². The van der Waals surface area contributed by atoms with E-state index in [4.69, 9.17) is 4.74 Å². The Kier molecular flexibility index (Phi) is 4.29. The number of sulfonamides is 1. The second kappa shape index (κ2) is 5.84. The van der Waals surface area contributed by atoms with Crippen LogP contribution in [-0.4, -0.2) is 73.8 Å². The fourth-order valence-electron chi connectivity index (χ4n) is 4.04. The Morgan fingerprint density at radius 3 is 2.52 bits per heavy atom. The second-order valence-electron chi connectivity index (χ2n) is 7.00. The van der Waals surface area contributed by atoms with Crippen molar-refractivity contribution >= 4 is 10.0 Å². The Balaban J connectivity index is 1.93. The number of aryl methyl sites for hydroxylation is 2. The maximum absolute atomic E-state index is 13.1. The average Bonchev–Trinajstić information content (AvgIpc) is 3.01. The van der Waals surface area contributed by atoms with Crippen LogP contribution < -0.4 is 0 Å². The normalized spacial score (nSPS) is 25.5. The number of likely N-dealkylation sites (N-methyl/N-ethyl adjacent to an activating group) is 1. The summed E-state index contributed by atoms with van der Waals surface area (Å²) in [5.41, 5.74) is 0.548. The average molecular weight is 342 g/mol. The topological polar surface area (TPSA) is 67.7 Å². The van der Waals surface area contributed by atoms with Gasteiger partial charge in [0.15, 0.2) is 0 Å². The standard InChI is InChI=1S/C15H26N4O3S/c1-12-13(9-18(4)16-12)23(20,21)19-10-14(17(2)3)15(11-19)5-7-22-8-6-15/h9,14H,5-8,10-11H2,1-4H3. The van der Waals surface area contributed by atoms with Crippen LogP contribution in [-0.2, 0) is 21.8 Å². The minimum absolute atomic E-state index is 0.00899. The maximum Gasteiger partial charge on any atom is 0.246 e. The van der Waals surface area contributed by atoms with Gasteiger partial charge in [0.05, 0.1) is 5.69 Å². The van der Waals surface area contributed by atoms with Gasteiger partial charge in [-0.15, -0.1) is 0 Å². The van der Waals surface area contributed by atoms with Crippen LogP contribution in [0.1, 0.15) is 18.5 Å². The molecule has 0 saturated carbocycles. The summed E-state index contributed by atoms with van der Waals surface area (Å²) in [4.78, 5) is 2.48. The SMILES string of the molecule is Cc1nn(C)cc1S(=O)(=O)N1CC(N(C)C)C2(CCOCC2)C1. The Bertz CT molecular complexity index is 677. The summed E-state index contributed by atoms with van der Waals surface area (Å²) in [7, 11) is 2.31. The first-order valence-electron chi connectivity index (χ1n) is 8.01. The van der Waals surface area contributed by atoms with Crippen molar-refractivity contribution in [2.24, 2.45) is 12.5 Å². The van der Waals surface area contributed by atoms with E-state index in [1.165, 1.54) is 0 Å². The molecule has 2 aliphatic heterocycles. The molecular weight excluding hydrogens is 316 g/mol. The van der Waals surface area contributed by atoms with Gasteiger partial charge >= 0.3 is 0 Å². The van der Waals surface area contributed by atoms with Crippen LogP contribution in [0.5, 0.6) is 0 Å². The second-order valence-corrected chi connectivity index (χ2v) is 8.91. The van der Waals surface area contributed by atoms with Crippen molar-refractivity contribution in [3.05, 3.63) is 11.9 Å². The van der Waals surface area contributed by atoms with E-state index in [1.807, 2.05) is 14.1 Å². The van der Waals surface area contributed by atoms with Gasteiger partial charge in [-0.1, -0.05) is 0 Å². The van der Waals surface area contributed by atoms with E-state index in [9.17, 15) is 8.42 Å². The Morgan fingerprint density at radius 2 is 2.00 bits per heavy atom. The molecule has 0 N–H and O–H groups in total. The van der Waals surface area contributed by atoms with Crippen molar-refractivity contribution in [3.8, 4) is 0 Å². The third-order valence-electron chi connectivity index (χ3n) is 5.27. The molecule has 2 aliphatic rings. The number of ether oxygens (including phenoxy) is 1. The molecule has 0 aliphatic carbocycles. The van der Waals surface area contributed by atoms with Crippen molar-refractivity contribution in [2.75, 3.05) is 40.4 Å². The van der Waals surface area contributed by atoms with Gasteiger partial charge in [0.1, 0.15) is 4.90 Å². The number of nitrogens with zero attached hydrogens (tertiary/aromatic N) is 4. The molecule has 2 saturated heterocycles. The van der Waals surface area contributed by atoms with Gasteiger partial charge in [-0.05, 0) is 33.9 Å². The van der Waals surface area contributed by atoms with E-state index in [0.29, 0.717) is 36.9 Å². The lowest BCUT2D eigenvalue weighted by molar-refractivity contribution is -0.00716. The molecule has 3 heterocycles. The predicted octanol–water partition coefficient (Wildman–Crippen LogP) is 0.460. The first kappa shape index (κ1) is 16.9. The number of hydrogen-bond acceptors (Lipinski definition) is 5. The summed E-state index contributed by atoms with van der Waals surface area (Å²) >= 11 is 0. The molecule has 1 aromatic heterocycles. The molecule has 23 heavy (non-hydrogen) atoms. The highest BCUT2D eigenvalue weighted by Crippen LogP contribution is 2.43. The van der Waals surface area contributed by atoms with Crippen molar-refractivity contribution in [2.45, 2.75) is 30.7 Å². The van der Waals surface area contributed by atoms with Crippen LogP contribution in [0.3, 0.4) is 0 Å². The van der Waals surface area contributed by atoms with Crippen LogP contribution in [0.2, 0.25) is 0 Å². The molecule has 0 amide bonds. The quantitative estimate of drug-likeness (QED) is 0.798. The van der Waals surface area contributed by atoms with Crippen molar-refractivity contribution in [1.82, 2.24) is 19.0 Å². The molecule has 1 aromatic rings. The molecule has 1 atom stereocenters.